The molecule has 0 saturated carbocycles. The lowest BCUT2D eigenvalue weighted by atomic mass is 10.2. The monoisotopic (exact) mass is 367 g/mol. The number of ether oxygens (including phenoxy) is 2. The molecule has 0 aliphatic heterocycles. The molecule has 0 spiro atoms. The van der Waals surface area contributed by atoms with E-state index in [4.69, 9.17) is 32.7 Å². The molecule has 2 aromatic carbocycles. The Kier molecular flexibility index (Phi) is 6.46. The van der Waals surface area contributed by atoms with Gasteiger partial charge in [-0.15, -0.1) is 0 Å². The molecule has 1 N–H and O–H groups in total. The fraction of sp³-hybridized carbons (Fsp3) is 0.176. The second-order valence-electron chi connectivity index (χ2n) is 4.79. The van der Waals surface area contributed by atoms with E-state index in [9.17, 15) is 9.59 Å². The Morgan fingerprint density at radius 2 is 1.88 bits per heavy atom. The van der Waals surface area contributed by atoms with Crippen molar-refractivity contribution in [1.29, 1.82) is 0 Å². The molecule has 0 radical (unpaired) electrons. The molecule has 0 unspecified atom stereocenters. The first kappa shape index (κ1) is 18.1. The van der Waals surface area contributed by atoms with Crippen molar-refractivity contribution in [3.05, 3.63) is 63.6 Å². The van der Waals surface area contributed by atoms with Crippen molar-refractivity contribution in [1.82, 2.24) is 5.32 Å². The summed E-state index contributed by atoms with van der Waals surface area (Å²) in [5.41, 5.74) is 0.971. The van der Waals surface area contributed by atoms with E-state index in [1.807, 2.05) is 18.2 Å². The number of benzene rings is 2. The summed E-state index contributed by atoms with van der Waals surface area (Å²) >= 11 is 11.7. The summed E-state index contributed by atoms with van der Waals surface area (Å²) < 4.78 is 10.1. The summed E-state index contributed by atoms with van der Waals surface area (Å²) in [6, 6.07) is 11.7. The van der Waals surface area contributed by atoms with Gasteiger partial charge in [0.2, 0.25) is 0 Å². The highest BCUT2D eigenvalue weighted by Crippen LogP contribution is 2.21. The summed E-state index contributed by atoms with van der Waals surface area (Å²) in [5, 5.41) is 3.23. The Hall–Kier alpha value is -2.24. The number of amides is 1. The van der Waals surface area contributed by atoms with E-state index in [-0.39, 0.29) is 17.1 Å². The zero-order chi connectivity index (χ0) is 17.5. The molecule has 2 aromatic rings. The molecule has 24 heavy (non-hydrogen) atoms. The van der Waals surface area contributed by atoms with Crippen LogP contribution in [0, 0.1) is 0 Å². The van der Waals surface area contributed by atoms with Gasteiger partial charge in [-0.25, -0.2) is 4.79 Å². The Morgan fingerprint density at radius 1 is 1.12 bits per heavy atom. The van der Waals surface area contributed by atoms with Crippen LogP contribution >= 0.6 is 23.2 Å². The third-order valence-electron chi connectivity index (χ3n) is 3.15. The number of nitrogens with one attached hydrogen (secondary N) is 1. The molecular weight excluding hydrogens is 353 g/mol. The number of methoxy groups -OCH3 is 1. The number of carbonyl (C=O) groups excluding carboxylic acids is 2. The number of para-hydroxylation sites is 1. The Labute approximate surface area is 149 Å². The summed E-state index contributed by atoms with van der Waals surface area (Å²) in [6.45, 7) is -0.144. The second-order valence-corrected chi connectivity index (χ2v) is 5.63. The van der Waals surface area contributed by atoms with E-state index in [1.165, 1.54) is 18.2 Å². The zero-order valence-electron chi connectivity index (χ0n) is 12.8. The van der Waals surface area contributed by atoms with Gasteiger partial charge in [0.1, 0.15) is 5.75 Å². The largest absolute Gasteiger partial charge is 0.496 e. The molecule has 0 aliphatic rings. The highest BCUT2D eigenvalue weighted by molar-refractivity contribution is 6.36. The third-order valence-corrected chi connectivity index (χ3v) is 3.70. The zero-order valence-corrected chi connectivity index (χ0v) is 14.4. The molecule has 0 aliphatic carbocycles. The van der Waals surface area contributed by atoms with Crippen LogP contribution in [0.15, 0.2) is 42.5 Å². The summed E-state index contributed by atoms with van der Waals surface area (Å²) in [5.74, 6) is -0.453. The minimum Gasteiger partial charge on any atom is -0.496 e. The van der Waals surface area contributed by atoms with Gasteiger partial charge in [-0.2, -0.15) is 0 Å². The molecule has 0 fully saturated rings. The topological polar surface area (TPSA) is 64.6 Å². The van der Waals surface area contributed by atoms with E-state index in [1.54, 1.807) is 13.2 Å². The maximum atomic E-state index is 11.9. The van der Waals surface area contributed by atoms with Crippen LogP contribution in [0.1, 0.15) is 15.9 Å². The van der Waals surface area contributed by atoms with Gasteiger partial charge in [0.05, 0.1) is 17.7 Å². The molecule has 2 rings (SSSR count). The number of esters is 1. The minimum atomic E-state index is -0.691. The van der Waals surface area contributed by atoms with Crippen molar-refractivity contribution in [2.45, 2.75) is 6.54 Å². The number of halogens is 2. The molecule has 1 amide bonds. The quantitative estimate of drug-likeness (QED) is 0.793. The van der Waals surface area contributed by atoms with E-state index >= 15 is 0 Å². The van der Waals surface area contributed by atoms with Crippen molar-refractivity contribution >= 4 is 35.1 Å². The van der Waals surface area contributed by atoms with E-state index in [2.05, 4.69) is 5.32 Å². The van der Waals surface area contributed by atoms with Crippen LogP contribution in [-0.4, -0.2) is 25.6 Å². The standard InChI is InChI=1S/C17H15Cl2NO4/c1-23-15-5-3-2-4-11(15)9-20-16(21)10-24-17(22)13-7-6-12(18)8-14(13)19/h2-8H,9-10H2,1H3,(H,20,21). The molecule has 7 heteroatoms. The Balaban J connectivity index is 1.85. The Bertz CT molecular complexity index is 749. The van der Waals surface area contributed by atoms with Crippen molar-refractivity contribution in [2.24, 2.45) is 0 Å². The first-order chi connectivity index (χ1) is 11.5. The van der Waals surface area contributed by atoms with Gasteiger partial charge in [0, 0.05) is 17.1 Å². The van der Waals surface area contributed by atoms with E-state index in [0.717, 1.165) is 5.56 Å². The normalized spacial score (nSPS) is 10.1. The summed E-state index contributed by atoms with van der Waals surface area (Å²) in [7, 11) is 1.55. The van der Waals surface area contributed by atoms with Crippen LogP contribution in [0.3, 0.4) is 0 Å². The first-order valence-electron chi connectivity index (χ1n) is 7.02. The smallest absolute Gasteiger partial charge is 0.340 e. The molecule has 0 aromatic heterocycles. The van der Waals surface area contributed by atoms with Crippen LogP contribution in [0.2, 0.25) is 10.0 Å². The van der Waals surface area contributed by atoms with Gasteiger partial charge in [0.25, 0.3) is 5.91 Å². The van der Waals surface area contributed by atoms with Crippen molar-refractivity contribution in [2.75, 3.05) is 13.7 Å². The number of hydrogen-bond donors (Lipinski definition) is 1. The van der Waals surface area contributed by atoms with Gasteiger partial charge in [-0.05, 0) is 24.3 Å². The predicted octanol–water partition coefficient (Wildman–Crippen LogP) is 3.48. The molecule has 0 heterocycles. The second kappa shape index (κ2) is 8.57. The minimum absolute atomic E-state index is 0.151. The van der Waals surface area contributed by atoms with E-state index in [0.29, 0.717) is 10.8 Å². The number of hydrogen-bond acceptors (Lipinski definition) is 4. The molecule has 5 nitrogen and oxygen atoms in total. The van der Waals surface area contributed by atoms with Gasteiger partial charge in [-0.3, -0.25) is 4.79 Å². The highest BCUT2D eigenvalue weighted by atomic mass is 35.5. The SMILES string of the molecule is COc1ccccc1CNC(=O)COC(=O)c1ccc(Cl)cc1Cl. The van der Waals surface area contributed by atoms with Crippen LogP contribution in [0.4, 0.5) is 0 Å². The lowest BCUT2D eigenvalue weighted by Gasteiger charge is -2.10. The predicted molar refractivity (Wildman–Crippen MR) is 91.6 cm³/mol. The van der Waals surface area contributed by atoms with Crippen molar-refractivity contribution in [3.8, 4) is 5.75 Å². The molecule has 0 saturated heterocycles. The van der Waals surface area contributed by atoms with Gasteiger partial charge >= 0.3 is 5.97 Å². The maximum absolute atomic E-state index is 11.9. The number of carbonyl (C=O) groups is 2. The maximum Gasteiger partial charge on any atom is 0.340 e. The fourth-order valence-electron chi connectivity index (χ4n) is 1.96. The highest BCUT2D eigenvalue weighted by Gasteiger charge is 2.14. The van der Waals surface area contributed by atoms with Gasteiger partial charge < -0.3 is 14.8 Å². The number of rotatable bonds is 6. The Morgan fingerprint density at radius 3 is 2.58 bits per heavy atom. The van der Waals surface area contributed by atoms with Crippen LogP contribution in [-0.2, 0) is 16.1 Å². The summed E-state index contributed by atoms with van der Waals surface area (Å²) in [4.78, 5) is 23.7. The average Bonchev–Trinajstić information content (AvgIpc) is 2.58. The van der Waals surface area contributed by atoms with Gasteiger partial charge in [-0.1, -0.05) is 41.4 Å². The van der Waals surface area contributed by atoms with Crippen LogP contribution in [0.25, 0.3) is 0 Å². The molecule has 0 atom stereocenters. The van der Waals surface area contributed by atoms with E-state index < -0.39 is 18.5 Å². The lowest BCUT2D eigenvalue weighted by Crippen LogP contribution is -2.28. The van der Waals surface area contributed by atoms with Crippen LogP contribution in [0.5, 0.6) is 5.75 Å². The van der Waals surface area contributed by atoms with Gasteiger partial charge in [0.15, 0.2) is 6.61 Å². The van der Waals surface area contributed by atoms with Crippen molar-refractivity contribution in [3.63, 3.8) is 0 Å². The lowest BCUT2D eigenvalue weighted by molar-refractivity contribution is -0.124. The molecular formula is C17H15Cl2NO4. The van der Waals surface area contributed by atoms with Crippen molar-refractivity contribution < 1.29 is 19.1 Å². The molecule has 126 valence electrons. The fourth-order valence-corrected chi connectivity index (χ4v) is 2.44. The first-order valence-corrected chi connectivity index (χ1v) is 7.77. The van der Waals surface area contributed by atoms with Crippen LogP contribution < -0.4 is 10.1 Å². The average molecular weight is 368 g/mol. The third kappa shape index (κ3) is 4.88. The molecule has 0 bridgehead atoms. The summed E-state index contributed by atoms with van der Waals surface area (Å²) in [6.07, 6.45) is 0.